The van der Waals surface area contributed by atoms with Gasteiger partial charge in [0.2, 0.25) is 0 Å². The molecule has 0 bridgehead atoms. The van der Waals surface area contributed by atoms with Crippen LogP contribution in [0.4, 0.5) is 0 Å². The minimum Gasteiger partial charge on any atom is -0.496 e. The van der Waals surface area contributed by atoms with Gasteiger partial charge in [0, 0.05) is 6.20 Å². The molecule has 0 saturated carbocycles. The maximum Gasteiger partial charge on any atom is 0.168 e. The Bertz CT molecular complexity index is 759. The molecule has 0 aliphatic rings. The monoisotopic (exact) mass is 240 g/mol. The highest BCUT2D eigenvalue weighted by molar-refractivity contribution is 6.00. The first-order valence-corrected chi connectivity index (χ1v) is 5.66. The summed E-state index contributed by atoms with van der Waals surface area (Å²) >= 11 is 0. The van der Waals surface area contributed by atoms with Gasteiger partial charge in [0.15, 0.2) is 6.29 Å². The highest BCUT2D eigenvalue weighted by Gasteiger charge is 2.13. The second-order valence-corrected chi connectivity index (χ2v) is 4.13. The van der Waals surface area contributed by atoms with E-state index in [1.165, 1.54) is 0 Å². The second-order valence-electron chi connectivity index (χ2n) is 4.13. The maximum atomic E-state index is 11.1. The average molecular weight is 240 g/mol. The Morgan fingerprint density at radius 3 is 2.89 bits per heavy atom. The molecule has 3 aromatic rings. The van der Waals surface area contributed by atoms with Crippen LogP contribution in [0.2, 0.25) is 0 Å². The minimum absolute atomic E-state index is 0.581. The van der Waals surface area contributed by atoms with Gasteiger partial charge in [0.05, 0.1) is 18.2 Å². The number of hydrogen-bond donors (Lipinski definition) is 0. The van der Waals surface area contributed by atoms with E-state index in [4.69, 9.17) is 4.74 Å². The van der Waals surface area contributed by atoms with Crippen LogP contribution in [0, 0.1) is 6.92 Å². The van der Waals surface area contributed by atoms with Gasteiger partial charge < -0.3 is 4.74 Å². The van der Waals surface area contributed by atoms with E-state index in [-0.39, 0.29) is 0 Å². The third kappa shape index (κ3) is 1.32. The molecule has 3 rings (SSSR count). The summed E-state index contributed by atoms with van der Waals surface area (Å²) in [6.45, 7) is 1.83. The van der Waals surface area contributed by atoms with Gasteiger partial charge in [-0.05, 0) is 24.4 Å². The minimum atomic E-state index is 0.581. The van der Waals surface area contributed by atoms with Crippen LogP contribution in [-0.4, -0.2) is 22.8 Å². The van der Waals surface area contributed by atoms with E-state index >= 15 is 0 Å². The van der Waals surface area contributed by atoms with Crippen molar-refractivity contribution in [3.63, 3.8) is 0 Å². The summed E-state index contributed by atoms with van der Waals surface area (Å²) in [5, 5.41) is 1.97. The fourth-order valence-corrected chi connectivity index (χ4v) is 2.28. The van der Waals surface area contributed by atoms with Crippen LogP contribution >= 0.6 is 0 Å². The lowest BCUT2D eigenvalue weighted by Gasteiger charge is -2.06. The Kier molecular flexibility index (Phi) is 2.30. The molecule has 1 aromatic carbocycles. The molecule has 0 saturated heterocycles. The van der Waals surface area contributed by atoms with E-state index < -0.39 is 0 Å². The van der Waals surface area contributed by atoms with Gasteiger partial charge in [-0.25, -0.2) is 4.98 Å². The molecule has 4 nitrogen and oxygen atoms in total. The van der Waals surface area contributed by atoms with Crippen molar-refractivity contribution >= 4 is 22.7 Å². The third-order valence-electron chi connectivity index (χ3n) is 3.15. The molecular formula is C14H12N2O2. The number of pyridine rings is 1. The van der Waals surface area contributed by atoms with Crippen LogP contribution in [-0.2, 0) is 0 Å². The first-order chi connectivity index (χ1) is 8.76. The highest BCUT2D eigenvalue weighted by atomic mass is 16.5. The summed E-state index contributed by atoms with van der Waals surface area (Å²) in [6, 6.07) is 7.79. The lowest BCUT2D eigenvalue weighted by molar-refractivity contribution is 0.111. The van der Waals surface area contributed by atoms with Crippen molar-refractivity contribution < 1.29 is 9.53 Å². The number of imidazole rings is 1. The molecule has 0 radical (unpaired) electrons. The largest absolute Gasteiger partial charge is 0.496 e. The molecule has 0 amide bonds. The Labute approximate surface area is 104 Å². The van der Waals surface area contributed by atoms with Crippen LogP contribution in [0.15, 0.2) is 30.5 Å². The van der Waals surface area contributed by atoms with Crippen molar-refractivity contribution in [2.45, 2.75) is 6.92 Å². The van der Waals surface area contributed by atoms with Crippen molar-refractivity contribution in [1.82, 2.24) is 9.38 Å². The number of aromatic nitrogens is 2. The SMILES string of the molecule is COc1cccc2ccn3c(C=O)c(C)nc3c12. The normalized spacial score (nSPS) is 11.0. The first kappa shape index (κ1) is 10.8. The Hall–Kier alpha value is -2.36. The summed E-state index contributed by atoms with van der Waals surface area (Å²) in [6.07, 6.45) is 2.69. The number of benzene rings is 1. The Balaban J connectivity index is 2.56. The molecule has 90 valence electrons. The molecule has 0 N–H and O–H groups in total. The maximum absolute atomic E-state index is 11.1. The molecular weight excluding hydrogens is 228 g/mol. The lowest BCUT2D eigenvalue weighted by Crippen LogP contribution is -1.93. The van der Waals surface area contributed by atoms with Crippen LogP contribution in [0.1, 0.15) is 16.2 Å². The van der Waals surface area contributed by atoms with Crippen molar-refractivity contribution in [3.8, 4) is 5.75 Å². The molecule has 18 heavy (non-hydrogen) atoms. The fraction of sp³-hybridized carbons (Fsp3) is 0.143. The van der Waals surface area contributed by atoms with Crippen molar-refractivity contribution in [2.24, 2.45) is 0 Å². The summed E-state index contributed by atoms with van der Waals surface area (Å²) < 4.78 is 7.18. The highest BCUT2D eigenvalue weighted by Crippen LogP contribution is 2.29. The predicted molar refractivity (Wildman–Crippen MR) is 69.4 cm³/mol. The number of carbonyl (C=O) groups excluding carboxylic acids is 1. The van der Waals surface area contributed by atoms with Gasteiger partial charge in [0.25, 0.3) is 0 Å². The van der Waals surface area contributed by atoms with E-state index in [1.54, 1.807) is 11.5 Å². The molecule has 0 atom stereocenters. The van der Waals surface area contributed by atoms with Gasteiger partial charge in [-0.1, -0.05) is 12.1 Å². The molecule has 0 aliphatic carbocycles. The summed E-state index contributed by atoms with van der Waals surface area (Å²) in [7, 11) is 1.63. The number of carbonyl (C=O) groups is 1. The number of rotatable bonds is 2. The number of fused-ring (bicyclic) bond motifs is 3. The average Bonchev–Trinajstić information content (AvgIpc) is 2.73. The quantitative estimate of drug-likeness (QED) is 0.647. The van der Waals surface area contributed by atoms with Crippen LogP contribution < -0.4 is 4.74 Å². The van der Waals surface area contributed by atoms with Gasteiger partial charge in [-0.15, -0.1) is 0 Å². The number of ether oxygens (including phenoxy) is 1. The zero-order valence-electron chi connectivity index (χ0n) is 10.2. The molecule has 2 heterocycles. The van der Waals surface area contributed by atoms with Gasteiger partial charge in [0.1, 0.15) is 17.1 Å². The Morgan fingerprint density at radius 1 is 1.33 bits per heavy atom. The molecule has 0 aliphatic heterocycles. The molecule has 0 fully saturated rings. The topological polar surface area (TPSA) is 43.6 Å². The van der Waals surface area contributed by atoms with Crippen molar-refractivity contribution in [1.29, 1.82) is 0 Å². The zero-order valence-corrected chi connectivity index (χ0v) is 10.2. The van der Waals surface area contributed by atoms with E-state index in [0.717, 1.165) is 34.1 Å². The van der Waals surface area contributed by atoms with Crippen LogP contribution in [0.5, 0.6) is 5.75 Å². The van der Waals surface area contributed by atoms with E-state index in [2.05, 4.69) is 4.98 Å². The zero-order chi connectivity index (χ0) is 12.7. The van der Waals surface area contributed by atoms with E-state index in [1.807, 2.05) is 37.4 Å². The van der Waals surface area contributed by atoms with Crippen molar-refractivity contribution in [3.05, 3.63) is 41.9 Å². The van der Waals surface area contributed by atoms with Gasteiger partial charge in [-0.3, -0.25) is 9.20 Å². The predicted octanol–water partition coefficient (Wildman–Crippen LogP) is 2.62. The first-order valence-electron chi connectivity index (χ1n) is 5.66. The van der Waals surface area contributed by atoms with Gasteiger partial charge >= 0.3 is 0 Å². The number of aldehydes is 1. The Morgan fingerprint density at radius 2 is 2.17 bits per heavy atom. The van der Waals surface area contributed by atoms with Gasteiger partial charge in [-0.2, -0.15) is 0 Å². The van der Waals surface area contributed by atoms with E-state index in [0.29, 0.717) is 5.69 Å². The smallest absolute Gasteiger partial charge is 0.168 e. The molecule has 0 spiro atoms. The van der Waals surface area contributed by atoms with E-state index in [9.17, 15) is 4.79 Å². The molecule has 4 heteroatoms. The van der Waals surface area contributed by atoms with Crippen molar-refractivity contribution in [2.75, 3.05) is 7.11 Å². The third-order valence-corrected chi connectivity index (χ3v) is 3.15. The number of hydrogen-bond acceptors (Lipinski definition) is 3. The second kappa shape index (κ2) is 3.84. The van der Waals surface area contributed by atoms with Crippen LogP contribution in [0.3, 0.4) is 0 Å². The number of nitrogens with zero attached hydrogens (tertiary/aromatic N) is 2. The number of aryl methyl sites for hydroxylation is 1. The standard InChI is InChI=1S/C14H12N2O2/c1-9-11(8-17)16-7-6-10-4-3-5-12(18-2)13(10)14(16)15-9/h3-8H,1-2H3. The summed E-state index contributed by atoms with van der Waals surface area (Å²) in [5.41, 5.74) is 2.06. The number of methoxy groups -OCH3 is 1. The summed E-state index contributed by atoms with van der Waals surface area (Å²) in [4.78, 5) is 15.6. The molecule has 0 unspecified atom stereocenters. The molecule has 2 aromatic heterocycles. The summed E-state index contributed by atoms with van der Waals surface area (Å²) in [5.74, 6) is 0.764. The van der Waals surface area contributed by atoms with Crippen LogP contribution in [0.25, 0.3) is 16.4 Å². The lowest BCUT2D eigenvalue weighted by atomic mass is 10.1. The fourth-order valence-electron chi connectivity index (χ4n) is 2.28.